The number of para-hydroxylation sites is 2. The SMILES string of the molecule is O=C(N/N=C\c1cc(Br)ccc1O)C(=O)Nc1ccccc1OC(F)(F)C(F)F. The average Bonchev–Trinajstić information content (AvgIpc) is 2.65. The molecule has 29 heavy (non-hydrogen) atoms. The van der Waals surface area contributed by atoms with Crippen molar-refractivity contribution in [1.29, 1.82) is 0 Å². The van der Waals surface area contributed by atoms with Gasteiger partial charge in [0.05, 0.1) is 11.9 Å². The number of rotatable bonds is 6. The van der Waals surface area contributed by atoms with Crippen LogP contribution in [0, 0.1) is 0 Å². The lowest BCUT2D eigenvalue weighted by Crippen LogP contribution is -2.35. The first-order chi connectivity index (χ1) is 13.6. The van der Waals surface area contributed by atoms with Crippen molar-refractivity contribution in [2.45, 2.75) is 12.5 Å². The van der Waals surface area contributed by atoms with Crippen LogP contribution >= 0.6 is 15.9 Å². The van der Waals surface area contributed by atoms with Crippen LogP contribution < -0.4 is 15.5 Å². The van der Waals surface area contributed by atoms with E-state index in [1.54, 1.807) is 6.07 Å². The highest BCUT2D eigenvalue weighted by molar-refractivity contribution is 9.10. The number of hydrogen-bond acceptors (Lipinski definition) is 5. The quantitative estimate of drug-likeness (QED) is 0.256. The fourth-order valence-electron chi connectivity index (χ4n) is 1.87. The molecule has 2 rings (SSSR count). The number of hydrogen-bond donors (Lipinski definition) is 3. The Bertz CT molecular complexity index is 941. The van der Waals surface area contributed by atoms with Gasteiger partial charge in [0.1, 0.15) is 11.5 Å². The summed E-state index contributed by atoms with van der Waals surface area (Å²) in [7, 11) is 0. The molecule has 0 spiro atoms. The number of hydrazone groups is 1. The first-order valence-electron chi connectivity index (χ1n) is 7.67. The summed E-state index contributed by atoms with van der Waals surface area (Å²) in [4.78, 5) is 23.7. The average molecular weight is 478 g/mol. The Labute approximate surface area is 169 Å². The third-order valence-electron chi connectivity index (χ3n) is 3.20. The molecule has 0 aliphatic carbocycles. The highest BCUT2D eigenvalue weighted by Gasteiger charge is 2.44. The molecule has 0 bridgehead atoms. The normalized spacial score (nSPS) is 11.5. The van der Waals surface area contributed by atoms with Crippen LogP contribution in [-0.4, -0.2) is 35.7 Å². The summed E-state index contributed by atoms with van der Waals surface area (Å²) in [5, 5.41) is 15.1. The Balaban J connectivity index is 2.04. The van der Waals surface area contributed by atoms with Crippen molar-refractivity contribution in [2.24, 2.45) is 5.10 Å². The Morgan fingerprint density at radius 2 is 1.86 bits per heavy atom. The molecule has 0 unspecified atom stereocenters. The zero-order chi connectivity index (χ0) is 21.6. The molecule has 2 aromatic rings. The number of amides is 2. The van der Waals surface area contributed by atoms with E-state index < -0.39 is 35.8 Å². The summed E-state index contributed by atoms with van der Waals surface area (Å²) < 4.78 is 55.3. The maximum atomic E-state index is 13.1. The molecule has 2 aromatic carbocycles. The Morgan fingerprint density at radius 3 is 2.55 bits per heavy atom. The lowest BCUT2D eigenvalue weighted by atomic mass is 10.2. The third-order valence-corrected chi connectivity index (χ3v) is 3.69. The minimum absolute atomic E-state index is 0.137. The topological polar surface area (TPSA) is 100 Å². The lowest BCUT2D eigenvalue weighted by Gasteiger charge is -2.19. The molecule has 0 radical (unpaired) electrons. The van der Waals surface area contributed by atoms with Crippen molar-refractivity contribution in [2.75, 3.05) is 5.32 Å². The number of anilines is 1. The van der Waals surface area contributed by atoms with Gasteiger partial charge in [0.15, 0.2) is 0 Å². The smallest absolute Gasteiger partial charge is 0.461 e. The van der Waals surface area contributed by atoms with Crippen LogP contribution in [0.2, 0.25) is 0 Å². The highest BCUT2D eigenvalue weighted by atomic mass is 79.9. The molecule has 0 heterocycles. The number of phenolic OH excluding ortho intramolecular Hbond substituents is 1. The number of benzene rings is 2. The molecular weight excluding hydrogens is 466 g/mol. The first-order valence-corrected chi connectivity index (χ1v) is 8.46. The van der Waals surface area contributed by atoms with Gasteiger partial charge in [-0.3, -0.25) is 9.59 Å². The van der Waals surface area contributed by atoms with Gasteiger partial charge < -0.3 is 15.2 Å². The predicted octanol–water partition coefficient (Wildman–Crippen LogP) is 3.48. The summed E-state index contributed by atoms with van der Waals surface area (Å²) in [5.41, 5.74) is 1.67. The fourth-order valence-corrected chi connectivity index (χ4v) is 2.25. The molecule has 7 nitrogen and oxygen atoms in total. The van der Waals surface area contributed by atoms with Gasteiger partial charge >= 0.3 is 24.3 Å². The minimum atomic E-state index is -4.79. The van der Waals surface area contributed by atoms with E-state index in [4.69, 9.17) is 0 Å². The number of alkyl halides is 4. The second-order valence-corrected chi connectivity index (χ2v) is 6.23. The maximum Gasteiger partial charge on any atom is 0.461 e. The van der Waals surface area contributed by atoms with Crippen LogP contribution in [-0.2, 0) is 9.59 Å². The van der Waals surface area contributed by atoms with Gasteiger partial charge in [0, 0.05) is 10.0 Å². The number of halogens is 5. The summed E-state index contributed by atoms with van der Waals surface area (Å²) in [6.45, 7) is 0. The molecule has 0 atom stereocenters. The Kier molecular flexibility index (Phi) is 7.15. The van der Waals surface area contributed by atoms with E-state index >= 15 is 0 Å². The van der Waals surface area contributed by atoms with Crippen molar-refractivity contribution in [3.8, 4) is 11.5 Å². The van der Waals surface area contributed by atoms with Crippen molar-refractivity contribution >= 4 is 39.6 Å². The van der Waals surface area contributed by atoms with Crippen molar-refractivity contribution < 1.29 is 37.0 Å². The minimum Gasteiger partial charge on any atom is -0.507 e. The van der Waals surface area contributed by atoms with Crippen LogP contribution in [0.5, 0.6) is 11.5 Å². The van der Waals surface area contributed by atoms with Gasteiger partial charge in [-0.25, -0.2) is 5.43 Å². The van der Waals surface area contributed by atoms with Crippen LogP contribution in [0.1, 0.15) is 5.56 Å². The standard InChI is InChI=1S/C17H12BrF4N3O4/c18-10-5-6-12(26)9(7-10)8-23-25-15(28)14(27)24-11-3-1-2-4-13(11)29-17(21,22)16(19)20/h1-8,16,26H,(H,24,27)(H,25,28)/b23-8-. The van der Waals surface area contributed by atoms with Crippen LogP contribution in [0.4, 0.5) is 23.2 Å². The molecular formula is C17H12BrF4N3O4. The summed E-state index contributed by atoms with van der Waals surface area (Å²) in [5.74, 6) is -3.51. The number of nitrogens with zero attached hydrogens (tertiary/aromatic N) is 1. The van der Waals surface area contributed by atoms with Gasteiger partial charge in [-0.2, -0.15) is 22.7 Å². The first kappa shape index (κ1) is 22.1. The monoisotopic (exact) mass is 477 g/mol. The molecule has 0 aromatic heterocycles. The van der Waals surface area contributed by atoms with E-state index in [-0.39, 0.29) is 11.3 Å². The van der Waals surface area contributed by atoms with E-state index in [9.17, 15) is 32.3 Å². The van der Waals surface area contributed by atoms with Crippen molar-refractivity contribution in [1.82, 2.24) is 5.43 Å². The zero-order valence-corrected chi connectivity index (χ0v) is 15.8. The van der Waals surface area contributed by atoms with Gasteiger partial charge in [-0.1, -0.05) is 28.1 Å². The van der Waals surface area contributed by atoms with E-state index in [0.717, 1.165) is 18.3 Å². The van der Waals surface area contributed by atoms with Crippen molar-refractivity contribution in [3.05, 3.63) is 52.5 Å². The second-order valence-electron chi connectivity index (χ2n) is 5.32. The fraction of sp³-hybridized carbons (Fsp3) is 0.118. The predicted molar refractivity (Wildman–Crippen MR) is 98.2 cm³/mol. The van der Waals surface area contributed by atoms with E-state index in [1.165, 1.54) is 24.3 Å². The summed E-state index contributed by atoms with van der Waals surface area (Å²) in [6.07, 6.45) is -7.83. The molecule has 0 saturated heterocycles. The summed E-state index contributed by atoms with van der Waals surface area (Å²) >= 11 is 3.18. The zero-order valence-electron chi connectivity index (χ0n) is 14.2. The third kappa shape index (κ3) is 6.17. The van der Waals surface area contributed by atoms with Crippen LogP contribution in [0.3, 0.4) is 0 Å². The van der Waals surface area contributed by atoms with Crippen molar-refractivity contribution in [3.63, 3.8) is 0 Å². The maximum absolute atomic E-state index is 13.1. The number of nitrogens with one attached hydrogen (secondary N) is 2. The molecule has 154 valence electrons. The Hall–Kier alpha value is -3.15. The molecule has 0 aliphatic heterocycles. The van der Waals surface area contributed by atoms with E-state index in [1.807, 2.05) is 10.7 Å². The number of carbonyl (C=O) groups is 2. The molecule has 0 fully saturated rings. The van der Waals surface area contributed by atoms with Gasteiger partial charge in [0.25, 0.3) is 0 Å². The molecule has 0 aliphatic rings. The van der Waals surface area contributed by atoms with Gasteiger partial charge in [-0.15, -0.1) is 0 Å². The molecule has 12 heteroatoms. The molecule has 3 N–H and O–H groups in total. The van der Waals surface area contributed by atoms with Crippen LogP contribution in [0.15, 0.2) is 52.0 Å². The largest absolute Gasteiger partial charge is 0.507 e. The number of carbonyl (C=O) groups excluding carboxylic acids is 2. The lowest BCUT2D eigenvalue weighted by molar-refractivity contribution is -0.252. The number of ether oxygens (including phenoxy) is 1. The molecule has 2 amide bonds. The molecule has 0 saturated carbocycles. The highest BCUT2D eigenvalue weighted by Crippen LogP contribution is 2.32. The van der Waals surface area contributed by atoms with Gasteiger partial charge in [0.2, 0.25) is 0 Å². The van der Waals surface area contributed by atoms with Gasteiger partial charge in [-0.05, 0) is 30.3 Å². The number of aromatic hydroxyl groups is 1. The van der Waals surface area contributed by atoms with E-state index in [2.05, 4.69) is 25.8 Å². The number of phenols is 1. The second kappa shape index (κ2) is 9.37. The summed E-state index contributed by atoms with van der Waals surface area (Å²) in [6, 6.07) is 8.92. The van der Waals surface area contributed by atoms with Crippen LogP contribution in [0.25, 0.3) is 0 Å². The van der Waals surface area contributed by atoms with E-state index in [0.29, 0.717) is 4.47 Å². The Morgan fingerprint density at radius 1 is 1.17 bits per heavy atom.